The highest BCUT2D eigenvalue weighted by Crippen LogP contribution is 2.20. The lowest BCUT2D eigenvalue weighted by molar-refractivity contribution is 0.780. The molecule has 0 unspecified atom stereocenters. The minimum absolute atomic E-state index is 0.666. The van der Waals surface area contributed by atoms with Crippen LogP contribution in [0.25, 0.3) is 5.69 Å². The molecule has 2 aromatic rings. The van der Waals surface area contributed by atoms with Crippen molar-refractivity contribution in [1.82, 2.24) is 9.78 Å². The Morgan fingerprint density at radius 1 is 1.16 bits per heavy atom. The Labute approximate surface area is 115 Å². The summed E-state index contributed by atoms with van der Waals surface area (Å²) in [5.41, 5.74) is 11.9. The molecule has 3 heteroatoms. The number of rotatable bonds is 5. The van der Waals surface area contributed by atoms with Crippen LogP contribution < -0.4 is 5.73 Å². The number of aryl methyl sites for hydroxylation is 3. The molecule has 1 heterocycles. The molecular formula is C16H23N3. The maximum absolute atomic E-state index is 5.73. The molecule has 19 heavy (non-hydrogen) atoms. The van der Waals surface area contributed by atoms with Gasteiger partial charge in [-0.15, -0.1) is 0 Å². The highest BCUT2D eigenvalue weighted by Gasteiger charge is 2.11. The van der Waals surface area contributed by atoms with E-state index < -0.39 is 0 Å². The van der Waals surface area contributed by atoms with E-state index >= 15 is 0 Å². The molecule has 0 amide bonds. The third-order valence-electron chi connectivity index (χ3n) is 3.44. The van der Waals surface area contributed by atoms with Crippen molar-refractivity contribution in [2.75, 3.05) is 6.54 Å². The topological polar surface area (TPSA) is 43.8 Å². The minimum Gasteiger partial charge on any atom is -0.330 e. The first-order valence-corrected chi connectivity index (χ1v) is 7.07. The molecule has 3 nitrogen and oxygen atoms in total. The maximum Gasteiger partial charge on any atom is 0.0681 e. The fourth-order valence-electron chi connectivity index (χ4n) is 2.38. The first-order valence-electron chi connectivity index (χ1n) is 7.07. The molecule has 0 aliphatic carbocycles. The van der Waals surface area contributed by atoms with Crippen molar-refractivity contribution in [2.45, 2.75) is 40.0 Å². The molecule has 0 fully saturated rings. The largest absolute Gasteiger partial charge is 0.330 e. The van der Waals surface area contributed by atoms with Crippen molar-refractivity contribution in [3.63, 3.8) is 0 Å². The second-order valence-electron chi connectivity index (χ2n) is 4.92. The standard InChI is InChI=1S/C16H23N3/c1-4-14-11-15(5-2)19(18-14)16-7-6-12(3)10-13(16)8-9-17/h6-7,10-11H,4-5,8-9,17H2,1-3H3. The third-order valence-corrected chi connectivity index (χ3v) is 3.44. The second-order valence-corrected chi connectivity index (χ2v) is 4.92. The summed E-state index contributed by atoms with van der Waals surface area (Å²) in [7, 11) is 0. The first kappa shape index (κ1) is 13.8. The van der Waals surface area contributed by atoms with Crippen LogP contribution in [0.3, 0.4) is 0 Å². The second kappa shape index (κ2) is 6.02. The van der Waals surface area contributed by atoms with E-state index in [1.54, 1.807) is 0 Å². The van der Waals surface area contributed by atoms with Gasteiger partial charge in [0, 0.05) is 5.69 Å². The zero-order valence-corrected chi connectivity index (χ0v) is 12.1. The fraction of sp³-hybridized carbons (Fsp3) is 0.438. The molecule has 0 bridgehead atoms. The van der Waals surface area contributed by atoms with E-state index in [1.807, 2.05) is 0 Å². The normalized spacial score (nSPS) is 10.9. The first-order chi connectivity index (χ1) is 9.19. The zero-order valence-electron chi connectivity index (χ0n) is 12.1. The van der Waals surface area contributed by atoms with Crippen LogP contribution in [0.4, 0.5) is 0 Å². The molecule has 0 spiro atoms. The average Bonchev–Trinajstić information content (AvgIpc) is 2.82. The van der Waals surface area contributed by atoms with Crippen molar-refractivity contribution in [3.05, 3.63) is 46.8 Å². The van der Waals surface area contributed by atoms with Crippen LogP contribution in [-0.2, 0) is 19.3 Å². The molecule has 1 aromatic heterocycles. The summed E-state index contributed by atoms with van der Waals surface area (Å²) in [4.78, 5) is 0. The highest BCUT2D eigenvalue weighted by atomic mass is 15.3. The van der Waals surface area contributed by atoms with Gasteiger partial charge in [0.2, 0.25) is 0 Å². The van der Waals surface area contributed by atoms with E-state index in [-0.39, 0.29) is 0 Å². The molecule has 2 N–H and O–H groups in total. The number of aromatic nitrogens is 2. The van der Waals surface area contributed by atoms with Gasteiger partial charge in [0.1, 0.15) is 0 Å². The molecular weight excluding hydrogens is 234 g/mol. The molecule has 102 valence electrons. The third kappa shape index (κ3) is 2.87. The quantitative estimate of drug-likeness (QED) is 0.895. The Morgan fingerprint density at radius 3 is 2.58 bits per heavy atom. The smallest absolute Gasteiger partial charge is 0.0681 e. The summed E-state index contributed by atoms with van der Waals surface area (Å²) >= 11 is 0. The average molecular weight is 257 g/mol. The van der Waals surface area contributed by atoms with Gasteiger partial charge in [0.15, 0.2) is 0 Å². The van der Waals surface area contributed by atoms with Gasteiger partial charge in [-0.1, -0.05) is 31.5 Å². The number of hydrogen-bond acceptors (Lipinski definition) is 2. The summed E-state index contributed by atoms with van der Waals surface area (Å²) in [6, 6.07) is 8.72. The monoisotopic (exact) mass is 257 g/mol. The van der Waals surface area contributed by atoms with Crippen LogP contribution >= 0.6 is 0 Å². The van der Waals surface area contributed by atoms with Gasteiger partial charge in [-0.25, -0.2) is 4.68 Å². The zero-order chi connectivity index (χ0) is 13.8. The van der Waals surface area contributed by atoms with Crippen molar-refractivity contribution >= 4 is 0 Å². The summed E-state index contributed by atoms with van der Waals surface area (Å²) in [5, 5.41) is 4.72. The van der Waals surface area contributed by atoms with Gasteiger partial charge in [0.05, 0.1) is 11.4 Å². The lowest BCUT2D eigenvalue weighted by Crippen LogP contribution is -2.09. The van der Waals surface area contributed by atoms with Gasteiger partial charge < -0.3 is 5.73 Å². The van der Waals surface area contributed by atoms with E-state index in [4.69, 9.17) is 10.8 Å². The van der Waals surface area contributed by atoms with Crippen LogP contribution in [-0.4, -0.2) is 16.3 Å². The molecule has 0 saturated carbocycles. The predicted octanol–water partition coefficient (Wildman–Crippen LogP) is 2.81. The van der Waals surface area contributed by atoms with Crippen LogP contribution in [0.1, 0.15) is 36.4 Å². The van der Waals surface area contributed by atoms with E-state index in [2.05, 4.69) is 49.7 Å². The number of benzene rings is 1. The van der Waals surface area contributed by atoms with E-state index in [9.17, 15) is 0 Å². The molecule has 0 saturated heterocycles. The van der Waals surface area contributed by atoms with Crippen molar-refractivity contribution < 1.29 is 0 Å². The van der Waals surface area contributed by atoms with Gasteiger partial charge >= 0.3 is 0 Å². The Bertz CT molecular complexity index is 555. The van der Waals surface area contributed by atoms with Gasteiger partial charge in [-0.2, -0.15) is 5.10 Å². The van der Waals surface area contributed by atoms with Crippen molar-refractivity contribution in [3.8, 4) is 5.69 Å². The summed E-state index contributed by atoms with van der Waals surface area (Å²) < 4.78 is 2.09. The van der Waals surface area contributed by atoms with Crippen molar-refractivity contribution in [1.29, 1.82) is 0 Å². The molecule has 2 rings (SSSR count). The SMILES string of the molecule is CCc1cc(CC)n(-c2ccc(C)cc2CCN)n1. The summed E-state index contributed by atoms with van der Waals surface area (Å²) in [6.45, 7) is 7.09. The van der Waals surface area contributed by atoms with Crippen LogP contribution in [0.5, 0.6) is 0 Å². The predicted molar refractivity (Wildman–Crippen MR) is 79.8 cm³/mol. The van der Waals surface area contributed by atoms with Gasteiger partial charge in [0.25, 0.3) is 0 Å². The van der Waals surface area contributed by atoms with Crippen LogP contribution in [0.2, 0.25) is 0 Å². The van der Waals surface area contributed by atoms with Gasteiger partial charge in [-0.05, 0) is 50.4 Å². The Hall–Kier alpha value is -1.61. The van der Waals surface area contributed by atoms with E-state index in [0.29, 0.717) is 6.54 Å². The molecule has 0 atom stereocenters. The van der Waals surface area contributed by atoms with Crippen molar-refractivity contribution in [2.24, 2.45) is 5.73 Å². The van der Waals surface area contributed by atoms with E-state index in [1.165, 1.54) is 22.5 Å². The Balaban J connectivity index is 2.53. The van der Waals surface area contributed by atoms with E-state index in [0.717, 1.165) is 25.0 Å². The maximum atomic E-state index is 5.73. The number of hydrogen-bond donors (Lipinski definition) is 1. The fourth-order valence-corrected chi connectivity index (χ4v) is 2.38. The van der Waals surface area contributed by atoms with Gasteiger partial charge in [-0.3, -0.25) is 0 Å². The lowest BCUT2D eigenvalue weighted by atomic mass is 10.1. The molecule has 1 aromatic carbocycles. The van der Waals surface area contributed by atoms with Crippen LogP contribution in [0.15, 0.2) is 24.3 Å². The molecule has 0 aliphatic rings. The summed E-state index contributed by atoms with van der Waals surface area (Å²) in [6.07, 6.45) is 2.85. The molecule has 0 aliphatic heterocycles. The minimum atomic E-state index is 0.666. The number of nitrogens with two attached hydrogens (primary N) is 1. The Kier molecular flexibility index (Phi) is 4.38. The van der Waals surface area contributed by atoms with Crippen LogP contribution in [0, 0.1) is 6.92 Å². The summed E-state index contributed by atoms with van der Waals surface area (Å²) in [5.74, 6) is 0. The number of nitrogens with zero attached hydrogens (tertiary/aromatic N) is 2. The lowest BCUT2D eigenvalue weighted by Gasteiger charge is -2.12. The highest BCUT2D eigenvalue weighted by molar-refractivity contribution is 5.44. The molecule has 0 radical (unpaired) electrons. The Morgan fingerprint density at radius 2 is 1.95 bits per heavy atom.